The van der Waals surface area contributed by atoms with Crippen LogP contribution in [0, 0.1) is 0 Å². The minimum atomic E-state index is -1.14. The van der Waals surface area contributed by atoms with E-state index in [-0.39, 0.29) is 22.6 Å². The molecule has 0 atom stereocenters. The first-order valence-electron chi connectivity index (χ1n) is 7.71. The molecule has 0 aliphatic heterocycles. The summed E-state index contributed by atoms with van der Waals surface area (Å²) in [5, 5.41) is 28.7. The molecule has 3 rings (SSSR count). The van der Waals surface area contributed by atoms with Crippen LogP contribution in [0.5, 0.6) is 11.5 Å². The summed E-state index contributed by atoms with van der Waals surface area (Å²) >= 11 is 0. The normalized spacial score (nSPS) is 10.3. The first-order valence-corrected chi connectivity index (χ1v) is 7.71. The van der Waals surface area contributed by atoms with Gasteiger partial charge in [0, 0.05) is 17.7 Å². The zero-order chi connectivity index (χ0) is 18.7. The van der Waals surface area contributed by atoms with E-state index in [1.807, 2.05) is 0 Å². The van der Waals surface area contributed by atoms with Crippen LogP contribution in [-0.4, -0.2) is 27.2 Å². The zero-order valence-electron chi connectivity index (χ0n) is 13.5. The van der Waals surface area contributed by atoms with Crippen LogP contribution >= 0.6 is 0 Å². The minimum absolute atomic E-state index is 0.0115. The van der Waals surface area contributed by atoms with Crippen LogP contribution in [0.3, 0.4) is 0 Å². The smallest absolute Gasteiger partial charge is 0.335 e. The molecule has 3 aromatic carbocycles. The number of aromatic carboxylic acids is 1. The molecule has 0 aliphatic rings. The van der Waals surface area contributed by atoms with Gasteiger partial charge in [0.05, 0.1) is 16.9 Å². The first-order chi connectivity index (χ1) is 12.5. The third-order valence-electron chi connectivity index (χ3n) is 3.74. The van der Waals surface area contributed by atoms with Gasteiger partial charge in [0.25, 0.3) is 5.91 Å². The van der Waals surface area contributed by atoms with Gasteiger partial charge in [-0.05, 0) is 42.5 Å². The van der Waals surface area contributed by atoms with Crippen LogP contribution in [0.25, 0.3) is 0 Å². The highest BCUT2D eigenvalue weighted by Crippen LogP contribution is 2.31. The molecule has 1 amide bonds. The number of rotatable bonds is 4. The van der Waals surface area contributed by atoms with Crippen molar-refractivity contribution in [2.75, 3.05) is 4.90 Å². The summed E-state index contributed by atoms with van der Waals surface area (Å²) < 4.78 is 0. The molecule has 3 aromatic rings. The number of amides is 1. The molecule has 0 unspecified atom stereocenters. The molecule has 0 saturated carbocycles. The monoisotopic (exact) mass is 349 g/mol. The number of nitrogens with zero attached hydrogens (tertiary/aromatic N) is 1. The van der Waals surface area contributed by atoms with E-state index in [1.54, 1.807) is 24.3 Å². The standard InChI is InChI=1S/C20H15NO5/c22-17-8-2-6-15(11-17)21(16-7-3-9-18(23)12-16)19(24)13-4-1-5-14(10-13)20(25)26/h1-12,22-23H,(H,25,26). The lowest BCUT2D eigenvalue weighted by Gasteiger charge is -2.23. The van der Waals surface area contributed by atoms with Gasteiger partial charge in [-0.25, -0.2) is 4.79 Å². The fraction of sp³-hybridized carbons (Fsp3) is 0. The average molecular weight is 349 g/mol. The van der Waals surface area contributed by atoms with Gasteiger partial charge in [-0.2, -0.15) is 0 Å². The molecule has 0 radical (unpaired) electrons. The van der Waals surface area contributed by atoms with Crippen molar-refractivity contribution in [1.82, 2.24) is 0 Å². The van der Waals surface area contributed by atoms with Gasteiger partial charge in [0.15, 0.2) is 0 Å². The molecule has 3 N–H and O–H groups in total. The lowest BCUT2D eigenvalue weighted by molar-refractivity contribution is 0.0697. The number of aromatic hydroxyl groups is 2. The first kappa shape index (κ1) is 17.0. The second kappa shape index (κ2) is 6.98. The van der Waals surface area contributed by atoms with Gasteiger partial charge in [-0.1, -0.05) is 18.2 Å². The number of anilines is 2. The predicted octanol–water partition coefficient (Wildman–Crippen LogP) is 3.77. The van der Waals surface area contributed by atoms with E-state index < -0.39 is 11.9 Å². The number of hydrogen-bond donors (Lipinski definition) is 3. The summed E-state index contributed by atoms with van der Waals surface area (Å²) in [5.74, 6) is -1.69. The molecule has 0 saturated heterocycles. The minimum Gasteiger partial charge on any atom is -0.508 e. The summed E-state index contributed by atoms with van der Waals surface area (Å²) in [7, 11) is 0. The van der Waals surface area contributed by atoms with Crippen LogP contribution in [-0.2, 0) is 0 Å². The van der Waals surface area contributed by atoms with Gasteiger partial charge < -0.3 is 15.3 Å². The second-order valence-electron chi connectivity index (χ2n) is 5.57. The number of carboxylic acids is 1. The van der Waals surface area contributed by atoms with Crippen LogP contribution in [0.4, 0.5) is 11.4 Å². The Hall–Kier alpha value is -3.80. The number of phenols is 2. The third-order valence-corrected chi connectivity index (χ3v) is 3.74. The Morgan fingerprint density at radius 3 is 1.69 bits per heavy atom. The Morgan fingerprint density at radius 2 is 1.19 bits per heavy atom. The van der Waals surface area contributed by atoms with Gasteiger partial charge in [0.2, 0.25) is 0 Å². The molecular formula is C20H15NO5. The van der Waals surface area contributed by atoms with E-state index in [2.05, 4.69) is 0 Å². The molecule has 0 aromatic heterocycles. The van der Waals surface area contributed by atoms with Crippen LogP contribution in [0.2, 0.25) is 0 Å². The Kier molecular flexibility index (Phi) is 4.57. The fourth-order valence-corrected chi connectivity index (χ4v) is 2.56. The molecule has 6 nitrogen and oxygen atoms in total. The molecule has 26 heavy (non-hydrogen) atoms. The number of carbonyl (C=O) groups is 2. The van der Waals surface area contributed by atoms with Gasteiger partial charge >= 0.3 is 5.97 Å². The highest BCUT2D eigenvalue weighted by Gasteiger charge is 2.21. The van der Waals surface area contributed by atoms with Crippen molar-refractivity contribution >= 4 is 23.3 Å². The van der Waals surface area contributed by atoms with Crippen molar-refractivity contribution in [2.24, 2.45) is 0 Å². The summed E-state index contributed by atoms with van der Waals surface area (Å²) in [6.07, 6.45) is 0. The fourth-order valence-electron chi connectivity index (χ4n) is 2.56. The van der Waals surface area contributed by atoms with Crippen molar-refractivity contribution in [1.29, 1.82) is 0 Å². The van der Waals surface area contributed by atoms with Crippen molar-refractivity contribution in [3.8, 4) is 11.5 Å². The van der Waals surface area contributed by atoms with Crippen molar-refractivity contribution < 1.29 is 24.9 Å². The largest absolute Gasteiger partial charge is 0.508 e. The molecule has 0 bridgehead atoms. The predicted molar refractivity (Wildman–Crippen MR) is 96.1 cm³/mol. The van der Waals surface area contributed by atoms with Crippen molar-refractivity contribution in [3.05, 3.63) is 83.9 Å². The van der Waals surface area contributed by atoms with Gasteiger partial charge in [-0.15, -0.1) is 0 Å². The quantitative estimate of drug-likeness (QED) is 0.666. The van der Waals surface area contributed by atoms with Gasteiger partial charge in [0.1, 0.15) is 11.5 Å². The number of carbonyl (C=O) groups excluding carboxylic acids is 1. The zero-order valence-corrected chi connectivity index (χ0v) is 13.5. The third kappa shape index (κ3) is 3.49. The Morgan fingerprint density at radius 1 is 0.692 bits per heavy atom. The molecule has 0 aliphatic carbocycles. The SMILES string of the molecule is O=C(O)c1cccc(C(=O)N(c2cccc(O)c2)c2cccc(O)c2)c1. The summed E-state index contributed by atoms with van der Waals surface area (Å²) in [4.78, 5) is 25.6. The van der Waals surface area contributed by atoms with Crippen molar-refractivity contribution in [2.45, 2.75) is 0 Å². The lowest BCUT2D eigenvalue weighted by Crippen LogP contribution is -2.26. The number of hydrogen-bond acceptors (Lipinski definition) is 4. The summed E-state index contributed by atoms with van der Waals surface area (Å²) in [6, 6.07) is 17.8. The molecule has 0 fully saturated rings. The maximum absolute atomic E-state index is 13.1. The molecular weight excluding hydrogens is 334 g/mol. The second-order valence-corrected chi connectivity index (χ2v) is 5.57. The van der Waals surface area contributed by atoms with E-state index in [1.165, 1.54) is 53.4 Å². The maximum Gasteiger partial charge on any atom is 0.335 e. The Bertz CT molecular complexity index is 938. The maximum atomic E-state index is 13.1. The van der Waals surface area contributed by atoms with E-state index in [0.29, 0.717) is 11.4 Å². The summed E-state index contributed by atoms with van der Waals surface area (Å²) in [6.45, 7) is 0. The molecule has 0 spiro atoms. The van der Waals surface area contributed by atoms with E-state index >= 15 is 0 Å². The highest BCUT2D eigenvalue weighted by molar-refractivity contribution is 6.11. The van der Waals surface area contributed by atoms with E-state index in [0.717, 1.165) is 0 Å². The van der Waals surface area contributed by atoms with Crippen LogP contribution in [0.15, 0.2) is 72.8 Å². The average Bonchev–Trinajstić information content (AvgIpc) is 2.62. The highest BCUT2D eigenvalue weighted by atomic mass is 16.4. The Balaban J connectivity index is 2.13. The van der Waals surface area contributed by atoms with E-state index in [9.17, 15) is 19.8 Å². The summed E-state index contributed by atoms with van der Waals surface area (Å²) in [5.41, 5.74) is 0.904. The van der Waals surface area contributed by atoms with Gasteiger partial charge in [-0.3, -0.25) is 9.69 Å². The number of benzene rings is 3. The number of carboxylic acid groups (broad SMARTS) is 1. The lowest BCUT2D eigenvalue weighted by atomic mass is 10.1. The van der Waals surface area contributed by atoms with Crippen LogP contribution in [0.1, 0.15) is 20.7 Å². The van der Waals surface area contributed by atoms with Crippen LogP contribution < -0.4 is 4.90 Å². The topological polar surface area (TPSA) is 98.1 Å². The van der Waals surface area contributed by atoms with E-state index in [4.69, 9.17) is 5.11 Å². The molecule has 6 heteroatoms. The molecule has 0 heterocycles. The Labute approximate surface area is 149 Å². The number of phenolic OH excluding ortho intramolecular Hbond substituents is 2. The molecule has 130 valence electrons. The van der Waals surface area contributed by atoms with Crippen molar-refractivity contribution in [3.63, 3.8) is 0 Å².